The topological polar surface area (TPSA) is 58.6 Å². The highest BCUT2D eigenvalue weighted by Crippen LogP contribution is 2.60. The Morgan fingerprint density at radius 1 is 0.442 bits per heavy atom. The minimum absolute atomic E-state index is 2.47. The van der Waals surface area contributed by atoms with Gasteiger partial charge in [-0.25, -0.2) is 17.6 Å². The highest BCUT2D eigenvalue weighted by molar-refractivity contribution is 7.45. The van der Waals surface area contributed by atoms with Gasteiger partial charge in [-0.3, -0.25) is 4.57 Å². The van der Waals surface area contributed by atoms with Gasteiger partial charge in [0.25, 0.3) is 7.82 Å². The molecule has 0 bridgehead atoms. The minimum atomic E-state index is -8.29. The third kappa shape index (κ3) is 6.42. The highest BCUT2D eigenvalue weighted by atomic mass is 31.2. The standard InChI is InChI=1S/C14H7F24O4P/c15-3(16)7(23,24)11(31,32)13(35,36)9(27,28)5(19,20)1-41-43(39,40)42-2-6(21,22)10(29,30)14(37,38)12(33,34)8(25,26)4(17)18/h3-4H,1-2H2,(H,39,40)/p-1. The maximum atomic E-state index is 13.5. The van der Waals surface area contributed by atoms with Crippen molar-refractivity contribution in [3.05, 3.63) is 0 Å². The molecule has 4 nitrogen and oxygen atoms in total. The molecule has 0 fully saturated rings. The Morgan fingerprint density at radius 2 is 0.651 bits per heavy atom. The zero-order chi connectivity index (χ0) is 35.5. The fourth-order valence-electron chi connectivity index (χ4n) is 2.09. The fraction of sp³-hybridized carbons (Fsp3) is 1.00. The third-order valence-electron chi connectivity index (χ3n) is 4.69. The molecule has 0 radical (unpaired) electrons. The lowest BCUT2D eigenvalue weighted by molar-refractivity contribution is -0.416. The first kappa shape index (κ1) is 41.4. The summed E-state index contributed by atoms with van der Waals surface area (Å²) < 4.78 is 327. The summed E-state index contributed by atoms with van der Waals surface area (Å²) in [4.78, 5) is 11.1. The van der Waals surface area contributed by atoms with E-state index in [1.807, 2.05) is 0 Å². The molecule has 0 amide bonds. The van der Waals surface area contributed by atoms with Crippen LogP contribution >= 0.6 is 7.82 Å². The van der Waals surface area contributed by atoms with E-state index < -0.39 is 93.1 Å². The second kappa shape index (κ2) is 11.3. The van der Waals surface area contributed by atoms with E-state index in [1.54, 1.807) is 0 Å². The number of hydrogen-bond acceptors (Lipinski definition) is 4. The van der Waals surface area contributed by atoms with Gasteiger partial charge in [0.05, 0.1) is 0 Å². The summed E-state index contributed by atoms with van der Waals surface area (Å²) in [6, 6.07) is 0. The summed E-state index contributed by atoms with van der Waals surface area (Å²) in [7, 11) is -7.58. The number of rotatable bonds is 16. The molecule has 0 N–H and O–H groups in total. The molecule has 0 aliphatic heterocycles. The quantitative estimate of drug-likeness (QED) is 0.123. The fourth-order valence-corrected chi connectivity index (χ4v) is 2.80. The summed E-state index contributed by atoms with van der Waals surface area (Å²) in [5.41, 5.74) is 0. The summed E-state index contributed by atoms with van der Waals surface area (Å²) in [6.07, 6.45) is -11.9. The Labute approximate surface area is 218 Å². The smallest absolute Gasteiger partial charge is 0.384 e. The Kier molecular flexibility index (Phi) is 10.9. The van der Waals surface area contributed by atoms with E-state index in [1.165, 1.54) is 0 Å². The molecular formula is C14H6F24O4P-. The van der Waals surface area contributed by atoms with Gasteiger partial charge in [-0.15, -0.1) is 0 Å². The summed E-state index contributed by atoms with van der Waals surface area (Å²) in [6.45, 7) is -8.30. The van der Waals surface area contributed by atoms with Crippen LogP contribution < -0.4 is 4.89 Å². The molecule has 0 aliphatic rings. The number of phosphoric ester groups is 1. The minimum Gasteiger partial charge on any atom is -0.756 e. The zero-order valence-electron chi connectivity index (χ0n) is 18.7. The van der Waals surface area contributed by atoms with Gasteiger partial charge in [0.15, 0.2) is 0 Å². The van der Waals surface area contributed by atoms with Crippen LogP contribution in [0.4, 0.5) is 105 Å². The van der Waals surface area contributed by atoms with E-state index in [4.69, 9.17) is 0 Å². The van der Waals surface area contributed by atoms with Crippen molar-refractivity contribution >= 4 is 7.82 Å². The van der Waals surface area contributed by atoms with Gasteiger partial charge in [0, 0.05) is 0 Å². The summed E-state index contributed by atoms with van der Waals surface area (Å²) in [5.74, 6) is -78.6. The van der Waals surface area contributed by atoms with Crippen molar-refractivity contribution in [2.24, 2.45) is 0 Å². The first-order valence-corrected chi connectivity index (χ1v) is 10.7. The number of alkyl halides is 24. The van der Waals surface area contributed by atoms with Crippen LogP contribution in [0.2, 0.25) is 0 Å². The average molecular weight is 725 g/mol. The monoisotopic (exact) mass is 725 g/mol. The van der Waals surface area contributed by atoms with Crippen molar-refractivity contribution in [2.45, 2.75) is 72.1 Å². The van der Waals surface area contributed by atoms with E-state index in [9.17, 15) is 115 Å². The Hall–Kier alpha value is -1.57. The van der Waals surface area contributed by atoms with Gasteiger partial charge in [-0.1, -0.05) is 0 Å². The maximum Gasteiger partial charge on any atom is 0.384 e. The lowest BCUT2D eigenvalue weighted by atomic mass is 9.95. The molecule has 29 heteroatoms. The molecule has 0 aromatic heterocycles. The summed E-state index contributed by atoms with van der Waals surface area (Å²) >= 11 is 0. The van der Waals surface area contributed by atoms with E-state index in [0.29, 0.717) is 0 Å². The average Bonchev–Trinajstić information content (AvgIpc) is 2.80. The molecule has 0 saturated carbocycles. The number of phosphoric acid groups is 1. The van der Waals surface area contributed by atoms with Crippen molar-refractivity contribution in [1.29, 1.82) is 0 Å². The number of halogens is 24. The maximum absolute atomic E-state index is 13.5. The molecule has 0 aromatic carbocycles. The number of hydrogen-bond donors (Lipinski definition) is 0. The lowest BCUT2D eigenvalue weighted by Crippen LogP contribution is -2.69. The molecule has 260 valence electrons. The van der Waals surface area contributed by atoms with Gasteiger partial charge in [-0.2, -0.15) is 87.8 Å². The van der Waals surface area contributed by atoms with Crippen LogP contribution in [0, 0.1) is 0 Å². The normalized spacial score (nSPS) is 16.4. The van der Waals surface area contributed by atoms with E-state index in [0.717, 1.165) is 0 Å². The predicted molar refractivity (Wildman–Crippen MR) is 81.0 cm³/mol. The van der Waals surface area contributed by atoms with Gasteiger partial charge < -0.3 is 13.9 Å². The van der Waals surface area contributed by atoms with E-state index in [-0.39, 0.29) is 0 Å². The van der Waals surface area contributed by atoms with Crippen LogP contribution in [-0.2, 0) is 13.6 Å². The molecular weight excluding hydrogens is 719 g/mol. The zero-order valence-corrected chi connectivity index (χ0v) is 19.6. The first-order chi connectivity index (χ1) is 18.3. The summed E-state index contributed by atoms with van der Waals surface area (Å²) in [5, 5.41) is 0. The molecule has 0 unspecified atom stereocenters. The Balaban J connectivity index is 6.10. The second-order valence-corrected chi connectivity index (χ2v) is 9.11. The van der Waals surface area contributed by atoms with Crippen molar-refractivity contribution < 1.29 is 124 Å². The van der Waals surface area contributed by atoms with E-state index in [2.05, 4.69) is 9.05 Å². The molecule has 0 aliphatic carbocycles. The van der Waals surface area contributed by atoms with E-state index >= 15 is 0 Å². The Morgan fingerprint density at radius 3 is 0.837 bits per heavy atom. The predicted octanol–water partition coefficient (Wildman–Crippen LogP) is 7.37. The molecule has 0 atom stereocenters. The van der Waals surface area contributed by atoms with Crippen LogP contribution in [0.3, 0.4) is 0 Å². The van der Waals surface area contributed by atoms with Crippen LogP contribution in [0.15, 0.2) is 0 Å². The van der Waals surface area contributed by atoms with Gasteiger partial charge >= 0.3 is 72.1 Å². The molecule has 43 heavy (non-hydrogen) atoms. The van der Waals surface area contributed by atoms with Gasteiger partial charge in [0.2, 0.25) is 0 Å². The SMILES string of the molecule is O=P([O-])(OCC(F)(F)C(F)(F)C(F)(F)C(F)(F)C(F)(F)C(F)F)OCC(F)(F)C(F)(F)C(F)(F)C(F)(F)C(F)(F)C(F)F. The van der Waals surface area contributed by atoms with Crippen molar-refractivity contribution in [3.8, 4) is 0 Å². The van der Waals surface area contributed by atoms with Crippen molar-refractivity contribution in [3.63, 3.8) is 0 Å². The third-order valence-corrected chi connectivity index (χ3v) is 5.58. The Bertz CT molecular complexity index is 947. The molecule has 0 spiro atoms. The first-order valence-electron chi connectivity index (χ1n) is 9.24. The molecule has 0 heterocycles. The van der Waals surface area contributed by atoms with Crippen LogP contribution in [0.5, 0.6) is 0 Å². The van der Waals surface area contributed by atoms with Gasteiger partial charge in [0.1, 0.15) is 13.2 Å². The van der Waals surface area contributed by atoms with Crippen LogP contribution in [-0.4, -0.2) is 85.3 Å². The largest absolute Gasteiger partial charge is 0.756 e. The second-order valence-electron chi connectivity index (χ2n) is 7.70. The van der Waals surface area contributed by atoms with Gasteiger partial charge in [-0.05, 0) is 0 Å². The lowest BCUT2D eigenvalue weighted by Gasteiger charge is -2.40. The van der Waals surface area contributed by atoms with Crippen molar-refractivity contribution in [2.75, 3.05) is 13.2 Å². The molecule has 0 aromatic rings. The molecule has 0 rings (SSSR count). The van der Waals surface area contributed by atoms with Crippen LogP contribution in [0.1, 0.15) is 0 Å². The van der Waals surface area contributed by atoms with Crippen LogP contribution in [0.25, 0.3) is 0 Å². The van der Waals surface area contributed by atoms with Crippen molar-refractivity contribution in [1.82, 2.24) is 0 Å². The molecule has 0 saturated heterocycles. The highest BCUT2D eigenvalue weighted by Gasteiger charge is 2.89.